The average molecular weight is 721 g/mol. The van der Waals surface area contributed by atoms with Crippen LogP contribution in [0.25, 0.3) is 5.57 Å². The number of carboxylic acid groups (broad SMARTS) is 1. The van der Waals surface area contributed by atoms with Crippen molar-refractivity contribution < 1.29 is 23.4 Å². The van der Waals surface area contributed by atoms with E-state index in [1.165, 1.54) is 36.8 Å². The normalized spacial score (nSPS) is 43.0. The van der Waals surface area contributed by atoms with E-state index in [1.807, 2.05) is 19.2 Å². The highest BCUT2D eigenvalue weighted by Gasteiger charge is 2.70. The van der Waals surface area contributed by atoms with E-state index in [2.05, 4.69) is 64.4 Å². The van der Waals surface area contributed by atoms with Gasteiger partial charge in [-0.15, -0.1) is 0 Å². The Hall–Kier alpha value is -2.00. The van der Waals surface area contributed by atoms with Crippen molar-refractivity contribution in [2.24, 2.45) is 51.2 Å². The maximum absolute atomic E-state index is 12.2. The van der Waals surface area contributed by atoms with Crippen LogP contribution in [0.2, 0.25) is 0 Å². The van der Waals surface area contributed by atoms with E-state index < -0.39 is 22.0 Å². The van der Waals surface area contributed by atoms with Gasteiger partial charge in [-0.2, -0.15) is 0 Å². The van der Waals surface area contributed by atoms with Crippen molar-refractivity contribution >= 4 is 21.4 Å². The third-order valence-corrected chi connectivity index (χ3v) is 18.6. The molecular formula is C43H64N2O5S. The third-order valence-electron chi connectivity index (χ3n) is 16.8. The zero-order valence-corrected chi connectivity index (χ0v) is 33.1. The number of carbonyl (C=O) groups is 1. The van der Waals surface area contributed by atoms with Crippen LogP contribution in [0.15, 0.2) is 42.5 Å². The highest BCUT2D eigenvalue weighted by atomic mass is 32.2. The molecule has 8 heteroatoms. The predicted octanol–water partition coefficient (Wildman–Crippen LogP) is 7.82. The van der Waals surface area contributed by atoms with Gasteiger partial charge in [-0.05, 0) is 153 Å². The van der Waals surface area contributed by atoms with Crippen LogP contribution in [-0.4, -0.2) is 72.4 Å². The maximum atomic E-state index is 12.2. The Balaban J connectivity index is 1.16. The van der Waals surface area contributed by atoms with Gasteiger partial charge >= 0.3 is 5.97 Å². The van der Waals surface area contributed by atoms with Gasteiger partial charge in [0.05, 0.1) is 17.1 Å². The van der Waals surface area contributed by atoms with E-state index in [0.717, 1.165) is 37.7 Å². The van der Waals surface area contributed by atoms with Gasteiger partial charge in [0, 0.05) is 18.1 Å². The number of aliphatic hydroxyl groups is 1. The van der Waals surface area contributed by atoms with E-state index in [1.54, 1.807) is 12.1 Å². The second kappa shape index (κ2) is 12.5. The summed E-state index contributed by atoms with van der Waals surface area (Å²) >= 11 is 0. The molecule has 7 nitrogen and oxygen atoms in total. The van der Waals surface area contributed by atoms with Gasteiger partial charge in [-0.25, -0.2) is 13.2 Å². The fraction of sp³-hybridized carbons (Fsp3) is 0.744. The Morgan fingerprint density at radius 2 is 1.67 bits per heavy atom. The molecule has 282 valence electrons. The van der Waals surface area contributed by atoms with Gasteiger partial charge in [-0.3, -0.25) is 10.2 Å². The maximum Gasteiger partial charge on any atom is 0.335 e. The van der Waals surface area contributed by atoms with Crippen molar-refractivity contribution in [3.05, 3.63) is 53.6 Å². The van der Waals surface area contributed by atoms with Crippen LogP contribution < -0.4 is 5.32 Å². The summed E-state index contributed by atoms with van der Waals surface area (Å²) in [5.74, 6) is 2.12. The quantitative estimate of drug-likeness (QED) is 0.186. The summed E-state index contributed by atoms with van der Waals surface area (Å²) in [4.78, 5) is 13.6. The summed E-state index contributed by atoms with van der Waals surface area (Å²) in [7, 11) is -1.02. The molecule has 7 rings (SSSR count). The lowest BCUT2D eigenvalue weighted by atomic mass is 9.33. The van der Waals surface area contributed by atoms with Crippen LogP contribution in [0.1, 0.15) is 122 Å². The number of hydrogen-bond acceptors (Lipinski definition) is 6. The molecule has 5 aliphatic carbocycles. The number of rotatable bonds is 8. The molecule has 5 unspecified atom stereocenters. The van der Waals surface area contributed by atoms with Gasteiger partial charge in [0.1, 0.15) is 6.23 Å². The molecule has 1 aliphatic heterocycles. The molecule has 4 saturated carbocycles. The molecule has 1 saturated heterocycles. The molecule has 0 amide bonds. The van der Waals surface area contributed by atoms with E-state index in [9.17, 15) is 23.4 Å². The largest absolute Gasteiger partial charge is 0.478 e. The predicted molar refractivity (Wildman–Crippen MR) is 205 cm³/mol. The van der Waals surface area contributed by atoms with Crippen LogP contribution in [0.5, 0.6) is 0 Å². The Labute approximate surface area is 307 Å². The van der Waals surface area contributed by atoms with Gasteiger partial charge in [0.2, 0.25) is 0 Å². The number of fused-ring (bicyclic) bond motifs is 7. The first-order valence-corrected chi connectivity index (χ1v) is 21.7. The summed E-state index contributed by atoms with van der Waals surface area (Å²) in [6, 6.07) is 7.49. The molecule has 11 atom stereocenters. The van der Waals surface area contributed by atoms with Crippen molar-refractivity contribution in [2.45, 2.75) is 124 Å². The minimum Gasteiger partial charge on any atom is -0.478 e. The molecule has 51 heavy (non-hydrogen) atoms. The summed E-state index contributed by atoms with van der Waals surface area (Å²) in [6.07, 6.45) is 12.7. The second-order valence-electron chi connectivity index (χ2n) is 19.4. The molecule has 1 aromatic carbocycles. The van der Waals surface area contributed by atoms with Gasteiger partial charge in [0.25, 0.3) is 0 Å². The molecule has 6 aliphatic rings. The number of allylic oxidation sites excluding steroid dienone is 3. The Morgan fingerprint density at radius 3 is 2.29 bits per heavy atom. The molecule has 0 bridgehead atoms. The highest BCUT2D eigenvalue weighted by Crippen LogP contribution is 2.76. The van der Waals surface area contributed by atoms with Crippen molar-refractivity contribution in [2.75, 3.05) is 25.1 Å². The number of carboxylic acids is 1. The topological polar surface area (TPSA) is 107 Å². The zero-order chi connectivity index (χ0) is 36.9. The zero-order valence-electron chi connectivity index (χ0n) is 32.3. The number of sulfone groups is 1. The lowest BCUT2D eigenvalue weighted by Gasteiger charge is -2.72. The molecule has 0 spiro atoms. The molecule has 3 N–H and O–H groups in total. The standard InChI is InChI=1S/C43H64N2O5S/c1-27(2)31-15-21-43(44-36(46)25-45(8)30-18-24-51(49,50)26-30)23-22-41(6)33(37(31)43)13-14-35-40(5)19-16-32(28-9-11-29(12-10-28)38(47)48)39(3,4)34(40)17-20-42(35,41)7/h9-12,16,30-31,33-37,44,46H,1,13-15,17-26H2,2-8H3,(H,47,48)/t30?,31-,33+,34?,35?,36?,37?,40-,41+,42+,43-/m0/s1. The van der Waals surface area contributed by atoms with E-state index >= 15 is 0 Å². The number of hydrogen-bond donors (Lipinski definition) is 3. The molecule has 0 aromatic heterocycles. The smallest absolute Gasteiger partial charge is 0.335 e. The lowest BCUT2D eigenvalue weighted by molar-refractivity contribution is -0.221. The summed E-state index contributed by atoms with van der Waals surface area (Å²) in [5, 5.41) is 25.0. The van der Waals surface area contributed by atoms with Crippen LogP contribution in [0.4, 0.5) is 0 Å². The van der Waals surface area contributed by atoms with Gasteiger partial charge < -0.3 is 10.2 Å². The van der Waals surface area contributed by atoms with Crippen LogP contribution >= 0.6 is 0 Å². The Kier molecular flexibility index (Phi) is 9.17. The molecule has 1 heterocycles. The first-order chi connectivity index (χ1) is 23.8. The molecule has 5 fully saturated rings. The number of nitrogens with zero attached hydrogens (tertiary/aromatic N) is 1. The molecular weight excluding hydrogens is 657 g/mol. The SMILES string of the molecule is C=C(C)[C@@H]1CC[C@]2(NC(O)CN(C)C3CCS(=O)(=O)C3)CC[C@]3(C)[C@H](CCC4[C@@]5(C)CC=C(c6ccc(C(=O)O)cc6)C(C)(C)C5CC[C@]43C)C12. The van der Waals surface area contributed by atoms with E-state index in [-0.39, 0.29) is 44.7 Å². The van der Waals surface area contributed by atoms with Crippen LogP contribution in [-0.2, 0) is 9.84 Å². The molecule has 0 radical (unpaired) electrons. The van der Waals surface area contributed by atoms with E-state index in [0.29, 0.717) is 48.1 Å². The number of aliphatic hydroxyl groups excluding tert-OH is 1. The van der Waals surface area contributed by atoms with Crippen LogP contribution in [0, 0.1) is 51.2 Å². The molecule has 1 aromatic rings. The van der Waals surface area contributed by atoms with Gasteiger partial charge in [0.15, 0.2) is 9.84 Å². The van der Waals surface area contributed by atoms with Crippen molar-refractivity contribution in [3.8, 4) is 0 Å². The minimum absolute atomic E-state index is 0.0229. The number of aromatic carboxylic acids is 1. The van der Waals surface area contributed by atoms with Crippen molar-refractivity contribution in [1.82, 2.24) is 10.2 Å². The fourth-order valence-electron chi connectivity index (χ4n) is 14.2. The van der Waals surface area contributed by atoms with E-state index in [4.69, 9.17) is 0 Å². The number of likely N-dealkylation sites (N-methyl/N-ethyl adjacent to an activating group) is 1. The summed E-state index contributed by atoms with van der Waals surface area (Å²) < 4.78 is 24.4. The minimum atomic E-state index is -2.98. The fourth-order valence-corrected chi connectivity index (χ4v) is 16.0. The van der Waals surface area contributed by atoms with Crippen molar-refractivity contribution in [1.29, 1.82) is 0 Å². The van der Waals surface area contributed by atoms with Crippen LogP contribution in [0.3, 0.4) is 0 Å². The summed E-state index contributed by atoms with van der Waals surface area (Å²) in [6.45, 7) is 20.0. The second-order valence-corrected chi connectivity index (χ2v) is 21.7. The lowest BCUT2D eigenvalue weighted by Crippen LogP contribution is -2.69. The first kappa shape index (κ1) is 37.3. The summed E-state index contributed by atoms with van der Waals surface area (Å²) in [5.41, 5.74) is 4.54. The Bertz CT molecular complexity index is 1700. The highest BCUT2D eigenvalue weighted by molar-refractivity contribution is 7.91. The average Bonchev–Trinajstić information content (AvgIpc) is 3.61. The first-order valence-electron chi connectivity index (χ1n) is 19.8. The van der Waals surface area contributed by atoms with Gasteiger partial charge in [-0.1, -0.05) is 65.0 Å². The third kappa shape index (κ3) is 5.74. The monoisotopic (exact) mass is 720 g/mol. The number of benzene rings is 1. The Morgan fingerprint density at radius 1 is 0.961 bits per heavy atom. The van der Waals surface area contributed by atoms with Crippen molar-refractivity contribution in [3.63, 3.8) is 0 Å². The number of nitrogens with one attached hydrogen (secondary N) is 1.